The van der Waals surface area contributed by atoms with Crippen molar-refractivity contribution in [3.8, 4) is 5.75 Å². The van der Waals surface area contributed by atoms with Gasteiger partial charge in [-0.15, -0.1) is 0 Å². The third-order valence-corrected chi connectivity index (χ3v) is 9.32. The molecule has 0 bridgehead atoms. The molecule has 338 valence electrons. The number of aliphatic hydroxyl groups is 1. The largest absolute Gasteiger partial charge is 0.495 e. The zero-order valence-corrected chi connectivity index (χ0v) is 39.0. The molecule has 4 unspecified atom stereocenters. The number of aliphatic hydroxyl groups excluding tert-OH is 1. The second-order valence-corrected chi connectivity index (χ2v) is 19.4. The molecule has 2 aromatic carbocycles. The molecule has 4 N–H and O–H groups in total. The van der Waals surface area contributed by atoms with E-state index in [2.05, 4.69) is 16.0 Å². The van der Waals surface area contributed by atoms with E-state index in [4.69, 9.17) is 30.5 Å². The number of nitrogens with one attached hydrogen (secondary N) is 3. The normalized spacial score (nSPS) is 14.4. The molecule has 2 rings (SSSR count). The standard InChI is InChI=1S/C47H68ClN3O10/c1-30(17-18-31-19-21-32(28-52)22-20-31)37(15-14-16-39(53)60-45(5,6)7)59-41(55)36(27-44(2,3)4)50-42(56)47(11,12)29-49-40(54)35(51-43(57)61-46(8,9)10)26-33-23-24-38(58-13)34(48)25-33/h14,16-25,30,35-37,52H,15,26-29H2,1-13H3,(H,49,54)(H,50,56)(H,51,57)/b16-14+,18-17+. The van der Waals surface area contributed by atoms with Gasteiger partial charge in [0.05, 0.1) is 24.2 Å². The number of methoxy groups -OCH3 is 1. The second kappa shape index (κ2) is 22.8. The summed E-state index contributed by atoms with van der Waals surface area (Å²) in [4.78, 5) is 67.0. The highest BCUT2D eigenvalue weighted by Crippen LogP contribution is 2.27. The number of esters is 2. The lowest BCUT2D eigenvalue weighted by molar-refractivity contribution is -0.156. The summed E-state index contributed by atoms with van der Waals surface area (Å²) in [7, 11) is 1.49. The van der Waals surface area contributed by atoms with Crippen LogP contribution in [-0.4, -0.2) is 78.0 Å². The van der Waals surface area contributed by atoms with Crippen molar-refractivity contribution in [2.24, 2.45) is 16.7 Å². The molecule has 0 aliphatic carbocycles. The highest BCUT2D eigenvalue weighted by molar-refractivity contribution is 6.32. The van der Waals surface area contributed by atoms with Crippen molar-refractivity contribution in [1.82, 2.24) is 16.0 Å². The Balaban J connectivity index is 2.32. The molecule has 0 spiro atoms. The molecular weight excluding hydrogens is 802 g/mol. The summed E-state index contributed by atoms with van der Waals surface area (Å²) in [5.74, 6) is -2.17. The Hall–Kier alpha value is -4.88. The number of carbonyl (C=O) groups excluding carboxylic acids is 5. The van der Waals surface area contributed by atoms with Crippen LogP contribution in [0.5, 0.6) is 5.75 Å². The van der Waals surface area contributed by atoms with Gasteiger partial charge in [0.15, 0.2) is 0 Å². The lowest BCUT2D eigenvalue weighted by atomic mass is 9.86. The fraction of sp³-hybridized carbons (Fsp3) is 0.553. The van der Waals surface area contributed by atoms with E-state index in [0.717, 1.165) is 11.1 Å². The van der Waals surface area contributed by atoms with Crippen molar-refractivity contribution in [2.45, 2.75) is 138 Å². The number of rotatable bonds is 19. The number of hydrogen-bond acceptors (Lipinski definition) is 10. The van der Waals surface area contributed by atoms with Gasteiger partial charge in [-0.2, -0.15) is 0 Å². The van der Waals surface area contributed by atoms with Crippen LogP contribution in [0.2, 0.25) is 5.02 Å². The van der Waals surface area contributed by atoms with Crippen molar-refractivity contribution < 1.29 is 48.0 Å². The first kappa shape index (κ1) is 52.3. The molecule has 3 amide bonds. The molecule has 4 atom stereocenters. The summed E-state index contributed by atoms with van der Waals surface area (Å²) < 4.78 is 22.2. The molecule has 0 heterocycles. The second-order valence-electron chi connectivity index (χ2n) is 19.0. The number of alkyl carbamates (subject to hydrolysis) is 1. The third kappa shape index (κ3) is 20.0. The van der Waals surface area contributed by atoms with Crippen LogP contribution in [0.4, 0.5) is 4.79 Å². The molecule has 14 heteroatoms. The highest BCUT2D eigenvalue weighted by atomic mass is 35.5. The van der Waals surface area contributed by atoms with Gasteiger partial charge >= 0.3 is 18.0 Å². The Bertz CT molecular complexity index is 1850. The van der Waals surface area contributed by atoms with E-state index in [1.54, 1.807) is 79.7 Å². The van der Waals surface area contributed by atoms with E-state index in [0.29, 0.717) is 16.3 Å². The smallest absolute Gasteiger partial charge is 0.408 e. The Morgan fingerprint density at radius 2 is 1.43 bits per heavy atom. The average Bonchev–Trinajstić information content (AvgIpc) is 3.13. The summed E-state index contributed by atoms with van der Waals surface area (Å²) in [6, 6.07) is 10.2. The number of benzene rings is 2. The Morgan fingerprint density at radius 1 is 0.820 bits per heavy atom. The Kier molecular flexibility index (Phi) is 19.5. The fourth-order valence-electron chi connectivity index (χ4n) is 5.76. The van der Waals surface area contributed by atoms with Crippen LogP contribution in [0, 0.1) is 16.7 Å². The van der Waals surface area contributed by atoms with Gasteiger partial charge in [-0.05, 0) is 96.0 Å². The van der Waals surface area contributed by atoms with Gasteiger partial charge in [0.25, 0.3) is 0 Å². The summed E-state index contributed by atoms with van der Waals surface area (Å²) in [6.45, 7) is 21.2. The lowest BCUT2D eigenvalue weighted by Crippen LogP contribution is -2.54. The summed E-state index contributed by atoms with van der Waals surface area (Å²) in [5.41, 5.74) is -0.864. The SMILES string of the molecule is COc1ccc(CC(NC(=O)OC(C)(C)C)C(=O)NCC(C)(C)C(=O)NC(CC(C)(C)C)C(=O)OC(C/C=C/C(=O)OC(C)(C)C)C(C)/C=C/c2ccc(CO)cc2)cc1Cl. The average molecular weight is 871 g/mol. The van der Waals surface area contributed by atoms with E-state index in [-0.39, 0.29) is 38.3 Å². The van der Waals surface area contributed by atoms with Crippen molar-refractivity contribution in [3.63, 3.8) is 0 Å². The van der Waals surface area contributed by atoms with E-state index in [1.165, 1.54) is 13.2 Å². The molecule has 0 radical (unpaired) electrons. The lowest BCUT2D eigenvalue weighted by Gasteiger charge is -2.32. The summed E-state index contributed by atoms with van der Waals surface area (Å²) in [6.07, 6.45) is 5.61. The van der Waals surface area contributed by atoms with Crippen LogP contribution < -0.4 is 20.7 Å². The third-order valence-electron chi connectivity index (χ3n) is 9.03. The van der Waals surface area contributed by atoms with Crippen LogP contribution >= 0.6 is 11.6 Å². The molecule has 13 nitrogen and oxygen atoms in total. The van der Waals surface area contributed by atoms with Crippen LogP contribution in [0.1, 0.15) is 113 Å². The predicted octanol–water partition coefficient (Wildman–Crippen LogP) is 7.89. The number of amides is 3. The van der Waals surface area contributed by atoms with E-state index in [9.17, 15) is 29.1 Å². The van der Waals surface area contributed by atoms with Gasteiger partial charge in [0.2, 0.25) is 11.8 Å². The topological polar surface area (TPSA) is 179 Å². The summed E-state index contributed by atoms with van der Waals surface area (Å²) >= 11 is 6.34. The minimum Gasteiger partial charge on any atom is -0.495 e. The van der Waals surface area contributed by atoms with Gasteiger partial charge in [-0.1, -0.05) is 87.9 Å². The van der Waals surface area contributed by atoms with Crippen LogP contribution in [-0.2, 0) is 46.4 Å². The minimum absolute atomic E-state index is 0.0542. The first-order chi connectivity index (χ1) is 28.1. The maximum Gasteiger partial charge on any atom is 0.408 e. The first-order valence-electron chi connectivity index (χ1n) is 20.5. The maximum absolute atomic E-state index is 14.1. The minimum atomic E-state index is -1.23. The van der Waals surface area contributed by atoms with Gasteiger partial charge in [0, 0.05) is 31.4 Å². The van der Waals surface area contributed by atoms with Crippen molar-refractivity contribution in [3.05, 3.63) is 82.4 Å². The number of halogens is 1. The van der Waals surface area contributed by atoms with Crippen molar-refractivity contribution in [1.29, 1.82) is 0 Å². The van der Waals surface area contributed by atoms with Gasteiger partial charge < -0.3 is 40.0 Å². The molecule has 0 saturated carbocycles. The summed E-state index contributed by atoms with van der Waals surface area (Å²) in [5, 5.41) is 18.1. The first-order valence-corrected chi connectivity index (χ1v) is 20.9. The number of carbonyl (C=O) groups is 5. The van der Waals surface area contributed by atoms with Crippen molar-refractivity contribution >= 4 is 47.5 Å². The van der Waals surface area contributed by atoms with E-state index >= 15 is 0 Å². The monoisotopic (exact) mass is 869 g/mol. The molecule has 0 aliphatic heterocycles. The molecule has 0 aliphatic rings. The highest BCUT2D eigenvalue weighted by Gasteiger charge is 2.36. The number of ether oxygens (including phenoxy) is 4. The quantitative estimate of drug-likeness (QED) is 0.0617. The fourth-order valence-corrected chi connectivity index (χ4v) is 6.04. The maximum atomic E-state index is 14.1. The molecule has 61 heavy (non-hydrogen) atoms. The molecule has 0 aromatic heterocycles. The Labute approximate surface area is 367 Å². The molecular formula is C47H68ClN3O10. The molecule has 0 saturated heterocycles. The zero-order chi connectivity index (χ0) is 46.3. The van der Waals surface area contributed by atoms with Gasteiger partial charge in [0.1, 0.15) is 35.1 Å². The van der Waals surface area contributed by atoms with E-state index in [1.807, 2.05) is 64.1 Å². The van der Waals surface area contributed by atoms with Crippen LogP contribution in [0.25, 0.3) is 6.08 Å². The van der Waals surface area contributed by atoms with Gasteiger partial charge in [-0.25, -0.2) is 14.4 Å². The van der Waals surface area contributed by atoms with Crippen molar-refractivity contribution in [2.75, 3.05) is 13.7 Å². The zero-order valence-electron chi connectivity index (χ0n) is 38.2. The number of hydrogen-bond donors (Lipinski definition) is 4. The predicted molar refractivity (Wildman–Crippen MR) is 238 cm³/mol. The van der Waals surface area contributed by atoms with E-state index < -0.39 is 70.1 Å². The molecule has 2 aromatic rings. The Morgan fingerprint density at radius 3 is 1.97 bits per heavy atom. The molecule has 0 fully saturated rings. The van der Waals surface area contributed by atoms with Gasteiger partial charge in [-0.3, -0.25) is 9.59 Å². The van der Waals surface area contributed by atoms with Crippen LogP contribution in [0.15, 0.2) is 60.7 Å². The van der Waals surface area contributed by atoms with Crippen LogP contribution in [0.3, 0.4) is 0 Å².